The second kappa shape index (κ2) is 5.53. The van der Waals surface area contributed by atoms with Gasteiger partial charge in [0.1, 0.15) is 6.07 Å². The number of benzene rings is 1. The van der Waals surface area contributed by atoms with Gasteiger partial charge >= 0.3 is 0 Å². The monoisotopic (exact) mass is 302 g/mol. The summed E-state index contributed by atoms with van der Waals surface area (Å²) in [5.74, 6) is 0. The first-order valence-corrected chi connectivity index (χ1v) is 7.93. The molecule has 0 aliphatic carbocycles. The van der Waals surface area contributed by atoms with Crippen LogP contribution < -0.4 is 5.32 Å². The van der Waals surface area contributed by atoms with E-state index in [2.05, 4.69) is 45.6 Å². The van der Waals surface area contributed by atoms with Gasteiger partial charge in [-0.3, -0.25) is 4.98 Å². The fourth-order valence-electron chi connectivity index (χ4n) is 3.64. The van der Waals surface area contributed by atoms with Gasteiger partial charge in [-0.15, -0.1) is 0 Å². The van der Waals surface area contributed by atoms with E-state index in [0.29, 0.717) is 5.56 Å². The highest BCUT2D eigenvalue weighted by atomic mass is 14.9. The van der Waals surface area contributed by atoms with Crippen LogP contribution in [0.25, 0.3) is 10.9 Å². The second-order valence-corrected chi connectivity index (χ2v) is 6.28. The molecule has 1 aromatic carbocycles. The number of nitrogens with zero attached hydrogens (tertiary/aromatic N) is 2. The topological polar surface area (TPSA) is 64.5 Å². The highest BCUT2D eigenvalue weighted by molar-refractivity contribution is 5.86. The lowest BCUT2D eigenvalue weighted by Crippen LogP contribution is -2.32. The summed E-state index contributed by atoms with van der Waals surface area (Å²) in [7, 11) is 0. The minimum Gasteiger partial charge on any atom is -0.360 e. The summed E-state index contributed by atoms with van der Waals surface area (Å²) in [4.78, 5) is 7.68. The van der Waals surface area contributed by atoms with Crippen molar-refractivity contribution in [2.24, 2.45) is 0 Å². The van der Waals surface area contributed by atoms with Crippen LogP contribution in [0.5, 0.6) is 0 Å². The third-order valence-electron chi connectivity index (χ3n) is 4.90. The van der Waals surface area contributed by atoms with E-state index in [1.165, 1.54) is 5.56 Å². The van der Waals surface area contributed by atoms with E-state index in [9.17, 15) is 5.26 Å². The van der Waals surface area contributed by atoms with Gasteiger partial charge < -0.3 is 10.3 Å². The standard InChI is InChI=1S/C19H18N4/c20-11-14-12-23-18-5-4-15(9-17(14)18)19(6-8-21-13-19)10-16-3-1-2-7-22-16/h1-5,7,9,12,21,23H,6,8,10,13H2. The summed E-state index contributed by atoms with van der Waals surface area (Å²) < 4.78 is 0. The summed E-state index contributed by atoms with van der Waals surface area (Å²) in [5, 5.41) is 13.8. The molecule has 23 heavy (non-hydrogen) atoms. The Morgan fingerprint density at radius 2 is 2.22 bits per heavy atom. The molecule has 1 saturated heterocycles. The van der Waals surface area contributed by atoms with Crippen LogP contribution in [0.4, 0.5) is 0 Å². The summed E-state index contributed by atoms with van der Waals surface area (Å²) in [5.41, 5.74) is 4.18. The smallest absolute Gasteiger partial charge is 0.101 e. The van der Waals surface area contributed by atoms with Gasteiger partial charge in [-0.1, -0.05) is 12.1 Å². The number of H-pyrrole nitrogens is 1. The number of rotatable bonds is 3. The molecule has 3 heterocycles. The number of aromatic nitrogens is 2. The van der Waals surface area contributed by atoms with Crippen molar-refractivity contribution in [3.63, 3.8) is 0 Å². The van der Waals surface area contributed by atoms with Gasteiger partial charge in [0.15, 0.2) is 0 Å². The summed E-state index contributed by atoms with van der Waals surface area (Å²) >= 11 is 0. The lowest BCUT2D eigenvalue weighted by molar-refractivity contribution is 0.462. The SMILES string of the molecule is N#Cc1c[nH]c2ccc(C3(Cc4ccccn4)CCNC3)cc12. The molecular weight excluding hydrogens is 284 g/mol. The van der Waals surface area contributed by atoms with Crippen molar-refractivity contribution in [2.45, 2.75) is 18.3 Å². The maximum Gasteiger partial charge on any atom is 0.101 e. The molecule has 1 unspecified atom stereocenters. The van der Waals surface area contributed by atoms with E-state index in [0.717, 1.165) is 42.5 Å². The maximum absolute atomic E-state index is 9.29. The third-order valence-corrected chi connectivity index (χ3v) is 4.90. The van der Waals surface area contributed by atoms with Crippen molar-refractivity contribution < 1.29 is 0 Å². The maximum atomic E-state index is 9.29. The van der Waals surface area contributed by atoms with Crippen molar-refractivity contribution in [1.82, 2.24) is 15.3 Å². The van der Waals surface area contributed by atoms with E-state index < -0.39 is 0 Å². The Balaban J connectivity index is 1.79. The Bertz CT molecular complexity index is 867. The molecule has 0 spiro atoms. The van der Waals surface area contributed by atoms with E-state index in [1.807, 2.05) is 18.3 Å². The molecule has 2 N–H and O–H groups in total. The number of nitrogens with one attached hydrogen (secondary N) is 2. The van der Waals surface area contributed by atoms with Crippen LogP contribution in [0, 0.1) is 11.3 Å². The molecule has 1 fully saturated rings. The van der Waals surface area contributed by atoms with Crippen molar-refractivity contribution in [3.8, 4) is 6.07 Å². The van der Waals surface area contributed by atoms with E-state index in [-0.39, 0.29) is 5.41 Å². The quantitative estimate of drug-likeness (QED) is 0.782. The zero-order valence-corrected chi connectivity index (χ0v) is 12.8. The predicted octanol–water partition coefficient (Wildman–Crippen LogP) is 2.91. The second-order valence-electron chi connectivity index (χ2n) is 6.28. The molecule has 0 radical (unpaired) electrons. The van der Waals surface area contributed by atoms with Crippen LogP contribution in [0.1, 0.15) is 23.2 Å². The van der Waals surface area contributed by atoms with Crippen LogP contribution in [-0.2, 0) is 11.8 Å². The molecule has 4 heteroatoms. The number of nitriles is 1. The van der Waals surface area contributed by atoms with Gasteiger partial charge in [0, 0.05) is 47.4 Å². The van der Waals surface area contributed by atoms with Crippen LogP contribution >= 0.6 is 0 Å². The highest BCUT2D eigenvalue weighted by Gasteiger charge is 2.36. The number of hydrogen-bond acceptors (Lipinski definition) is 3. The van der Waals surface area contributed by atoms with Gasteiger partial charge in [-0.2, -0.15) is 5.26 Å². The fourth-order valence-corrected chi connectivity index (χ4v) is 3.64. The summed E-state index contributed by atoms with van der Waals surface area (Å²) in [6.07, 6.45) is 5.64. The van der Waals surface area contributed by atoms with Crippen molar-refractivity contribution in [2.75, 3.05) is 13.1 Å². The molecule has 114 valence electrons. The molecule has 3 aromatic rings. The molecule has 1 aliphatic rings. The highest BCUT2D eigenvalue weighted by Crippen LogP contribution is 2.36. The van der Waals surface area contributed by atoms with E-state index >= 15 is 0 Å². The molecule has 1 atom stereocenters. The van der Waals surface area contributed by atoms with Crippen LogP contribution in [0.15, 0.2) is 48.8 Å². The number of hydrogen-bond donors (Lipinski definition) is 2. The predicted molar refractivity (Wildman–Crippen MR) is 90.1 cm³/mol. The van der Waals surface area contributed by atoms with Gasteiger partial charge in [0.25, 0.3) is 0 Å². The van der Waals surface area contributed by atoms with Crippen molar-refractivity contribution >= 4 is 10.9 Å². The Morgan fingerprint density at radius 3 is 2.96 bits per heavy atom. The van der Waals surface area contributed by atoms with Gasteiger partial charge in [-0.05, 0) is 42.8 Å². The number of fused-ring (bicyclic) bond motifs is 1. The van der Waals surface area contributed by atoms with Gasteiger partial charge in [0.2, 0.25) is 0 Å². The van der Waals surface area contributed by atoms with Crippen molar-refractivity contribution in [1.29, 1.82) is 5.26 Å². The fraction of sp³-hybridized carbons (Fsp3) is 0.263. The lowest BCUT2D eigenvalue weighted by atomic mass is 9.75. The zero-order chi connectivity index (χ0) is 15.7. The average molecular weight is 302 g/mol. The number of pyridine rings is 1. The summed E-state index contributed by atoms with van der Waals surface area (Å²) in [6, 6.07) is 14.8. The molecule has 1 aliphatic heterocycles. The first kappa shape index (κ1) is 14.0. The Hall–Kier alpha value is -2.64. The molecule has 4 nitrogen and oxygen atoms in total. The van der Waals surface area contributed by atoms with E-state index in [4.69, 9.17) is 0 Å². The van der Waals surface area contributed by atoms with Gasteiger partial charge in [-0.25, -0.2) is 0 Å². The average Bonchev–Trinajstić information content (AvgIpc) is 3.22. The Labute approximate surface area is 135 Å². The van der Waals surface area contributed by atoms with Gasteiger partial charge in [0.05, 0.1) is 5.56 Å². The minimum atomic E-state index is 0.0482. The molecule has 0 amide bonds. The Morgan fingerprint density at radius 1 is 1.26 bits per heavy atom. The number of aromatic amines is 1. The van der Waals surface area contributed by atoms with Crippen molar-refractivity contribution in [3.05, 3.63) is 65.6 Å². The molecule has 2 aromatic heterocycles. The molecule has 0 bridgehead atoms. The lowest BCUT2D eigenvalue weighted by Gasteiger charge is -2.29. The van der Waals surface area contributed by atoms with Crippen LogP contribution in [0.3, 0.4) is 0 Å². The normalized spacial score (nSPS) is 20.7. The first-order valence-electron chi connectivity index (χ1n) is 7.93. The molecule has 0 saturated carbocycles. The first-order chi connectivity index (χ1) is 11.3. The minimum absolute atomic E-state index is 0.0482. The van der Waals surface area contributed by atoms with Crippen LogP contribution in [-0.4, -0.2) is 23.1 Å². The Kier molecular flexibility index (Phi) is 3.36. The molecule has 4 rings (SSSR count). The largest absolute Gasteiger partial charge is 0.360 e. The summed E-state index contributed by atoms with van der Waals surface area (Å²) in [6.45, 7) is 1.96. The molecular formula is C19H18N4. The van der Waals surface area contributed by atoms with E-state index in [1.54, 1.807) is 6.20 Å². The van der Waals surface area contributed by atoms with Crippen LogP contribution in [0.2, 0.25) is 0 Å². The third kappa shape index (κ3) is 2.39. The zero-order valence-electron chi connectivity index (χ0n) is 12.8.